The van der Waals surface area contributed by atoms with Gasteiger partial charge in [-0.2, -0.15) is 0 Å². The summed E-state index contributed by atoms with van der Waals surface area (Å²) in [5, 5.41) is 0. The van der Waals surface area contributed by atoms with Crippen LogP contribution in [0.1, 0.15) is 31.4 Å². The number of benzene rings is 1. The fraction of sp³-hybridized carbons (Fsp3) is 0.538. The van der Waals surface area contributed by atoms with Crippen molar-refractivity contribution in [3.8, 4) is 0 Å². The maximum absolute atomic E-state index is 11.9. The maximum atomic E-state index is 11.9. The zero-order valence-corrected chi connectivity index (χ0v) is 11.1. The lowest BCUT2D eigenvalue weighted by molar-refractivity contribution is 0.619. The first kappa shape index (κ1) is 13.2. The minimum atomic E-state index is -0.766. The van der Waals surface area contributed by atoms with Gasteiger partial charge >= 0.3 is 0 Å². The van der Waals surface area contributed by atoms with Gasteiger partial charge in [0.05, 0.1) is 0 Å². The van der Waals surface area contributed by atoms with Gasteiger partial charge in [-0.1, -0.05) is 26.0 Å². The molecule has 16 heavy (non-hydrogen) atoms. The van der Waals surface area contributed by atoms with Crippen molar-refractivity contribution < 1.29 is 4.21 Å². The van der Waals surface area contributed by atoms with Crippen LogP contribution in [0.25, 0.3) is 0 Å². The van der Waals surface area contributed by atoms with E-state index >= 15 is 0 Å². The highest BCUT2D eigenvalue weighted by molar-refractivity contribution is 7.84. The molecule has 1 aromatic carbocycles. The van der Waals surface area contributed by atoms with Crippen LogP contribution in [-0.2, 0) is 16.6 Å². The number of anilines is 1. The molecule has 0 spiro atoms. The molecule has 0 aromatic heterocycles. The molecule has 0 fully saturated rings. The molecule has 0 aliphatic carbocycles. The molecule has 0 saturated carbocycles. The third-order valence-electron chi connectivity index (χ3n) is 2.73. The molecule has 90 valence electrons. The summed E-state index contributed by atoms with van der Waals surface area (Å²) in [6.07, 6.45) is 1.02. The Morgan fingerprint density at radius 2 is 2.06 bits per heavy atom. The van der Waals surface area contributed by atoms with E-state index in [0.717, 1.165) is 29.0 Å². The number of nitrogens with two attached hydrogens (primary N) is 1. The van der Waals surface area contributed by atoms with Crippen molar-refractivity contribution in [2.75, 3.05) is 11.5 Å². The SMILES string of the molecule is Cc1c(N)cccc1CS(=O)CCC(C)C. The van der Waals surface area contributed by atoms with E-state index < -0.39 is 10.8 Å². The van der Waals surface area contributed by atoms with E-state index in [1.165, 1.54) is 0 Å². The molecule has 1 rings (SSSR count). The largest absolute Gasteiger partial charge is 0.399 e. The Balaban J connectivity index is 2.59. The molecular formula is C13H21NOS. The van der Waals surface area contributed by atoms with Gasteiger partial charge in [-0.15, -0.1) is 0 Å². The van der Waals surface area contributed by atoms with Crippen LogP contribution < -0.4 is 5.73 Å². The third-order valence-corrected chi connectivity index (χ3v) is 4.05. The van der Waals surface area contributed by atoms with E-state index in [1.54, 1.807) is 0 Å². The summed E-state index contributed by atoms with van der Waals surface area (Å²) in [7, 11) is -0.766. The maximum Gasteiger partial charge on any atom is 0.0489 e. The zero-order chi connectivity index (χ0) is 12.1. The van der Waals surface area contributed by atoms with Crippen molar-refractivity contribution in [2.24, 2.45) is 5.92 Å². The molecule has 2 nitrogen and oxygen atoms in total. The molecule has 2 N–H and O–H groups in total. The lowest BCUT2D eigenvalue weighted by atomic mass is 10.1. The van der Waals surface area contributed by atoms with Gasteiger partial charge in [0.25, 0.3) is 0 Å². The Labute approximate surface area is 101 Å². The molecule has 3 heteroatoms. The minimum Gasteiger partial charge on any atom is -0.399 e. The van der Waals surface area contributed by atoms with E-state index in [4.69, 9.17) is 5.73 Å². The summed E-state index contributed by atoms with van der Waals surface area (Å²) in [5.41, 5.74) is 8.79. The number of hydrogen-bond acceptors (Lipinski definition) is 2. The van der Waals surface area contributed by atoms with Gasteiger partial charge in [0.2, 0.25) is 0 Å². The van der Waals surface area contributed by atoms with Crippen molar-refractivity contribution >= 4 is 16.5 Å². The molecule has 0 amide bonds. The average Bonchev–Trinajstić information content (AvgIpc) is 2.22. The van der Waals surface area contributed by atoms with Crippen LogP contribution >= 0.6 is 0 Å². The number of rotatable bonds is 5. The molecule has 1 aromatic rings. The topological polar surface area (TPSA) is 43.1 Å². The summed E-state index contributed by atoms with van der Waals surface area (Å²) in [6, 6.07) is 5.83. The van der Waals surface area contributed by atoms with Crippen molar-refractivity contribution in [1.82, 2.24) is 0 Å². The second kappa shape index (κ2) is 6.04. The number of hydrogen-bond donors (Lipinski definition) is 1. The van der Waals surface area contributed by atoms with Crippen LogP contribution in [-0.4, -0.2) is 9.96 Å². The lowest BCUT2D eigenvalue weighted by Crippen LogP contribution is -2.05. The second-order valence-electron chi connectivity index (χ2n) is 4.60. The zero-order valence-electron chi connectivity index (χ0n) is 10.3. The fourth-order valence-electron chi connectivity index (χ4n) is 1.47. The van der Waals surface area contributed by atoms with Gasteiger partial charge in [-0.25, -0.2) is 0 Å². The van der Waals surface area contributed by atoms with Crippen LogP contribution in [0.4, 0.5) is 5.69 Å². The molecule has 0 aliphatic heterocycles. The first-order chi connectivity index (χ1) is 7.50. The molecule has 1 atom stereocenters. The molecule has 1 unspecified atom stereocenters. The van der Waals surface area contributed by atoms with Crippen LogP contribution in [0, 0.1) is 12.8 Å². The van der Waals surface area contributed by atoms with E-state index in [1.807, 2.05) is 25.1 Å². The predicted molar refractivity (Wildman–Crippen MR) is 71.8 cm³/mol. The van der Waals surface area contributed by atoms with Crippen molar-refractivity contribution in [1.29, 1.82) is 0 Å². The van der Waals surface area contributed by atoms with Crippen molar-refractivity contribution in [3.63, 3.8) is 0 Å². The van der Waals surface area contributed by atoms with Gasteiger partial charge in [0.1, 0.15) is 0 Å². The van der Waals surface area contributed by atoms with Gasteiger partial charge < -0.3 is 5.73 Å². The Morgan fingerprint density at radius 3 is 2.69 bits per heavy atom. The van der Waals surface area contributed by atoms with Gasteiger partial charge in [0.15, 0.2) is 0 Å². The predicted octanol–water partition coefficient (Wildman–Crippen LogP) is 2.87. The van der Waals surface area contributed by atoms with Crippen LogP contribution in [0.15, 0.2) is 18.2 Å². The van der Waals surface area contributed by atoms with E-state index in [2.05, 4.69) is 13.8 Å². The first-order valence-corrected chi connectivity index (χ1v) is 7.18. The summed E-state index contributed by atoms with van der Waals surface area (Å²) in [4.78, 5) is 0. The van der Waals surface area contributed by atoms with E-state index in [9.17, 15) is 4.21 Å². The highest BCUT2D eigenvalue weighted by Gasteiger charge is 2.07. The number of nitrogen functional groups attached to an aromatic ring is 1. The van der Waals surface area contributed by atoms with E-state index in [-0.39, 0.29) is 0 Å². The minimum absolute atomic E-state index is 0.617. The summed E-state index contributed by atoms with van der Waals surface area (Å²) < 4.78 is 11.9. The van der Waals surface area contributed by atoms with E-state index in [0.29, 0.717) is 11.7 Å². The first-order valence-electron chi connectivity index (χ1n) is 5.69. The summed E-state index contributed by atoms with van der Waals surface area (Å²) in [6.45, 7) is 6.30. The standard InChI is InChI=1S/C13H21NOS/c1-10(2)7-8-16(15)9-12-5-4-6-13(14)11(12)3/h4-6,10H,7-9,14H2,1-3H3. The Bertz CT molecular complexity index is 374. The van der Waals surface area contributed by atoms with Gasteiger partial charge in [0, 0.05) is 28.0 Å². The monoisotopic (exact) mass is 239 g/mol. The van der Waals surface area contributed by atoms with Crippen molar-refractivity contribution in [3.05, 3.63) is 29.3 Å². The molecule has 0 saturated heterocycles. The Hall–Kier alpha value is -0.830. The normalized spacial score (nSPS) is 13.0. The Kier molecular flexibility index (Phi) is 5.00. The van der Waals surface area contributed by atoms with Crippen LogP contribution in [0.2, 0.25) is 0 Å². The van der Waals surface area contributed by atoms with Crippen LogP contribution in [0.3, 0.4) is 0 Å². The molecule has 0 aliphatic rings. The smallest absolute Gasteiger partial charge is 0.0489 e. The summed E-state index contributed by atoms with van der Waals surface area (Å²) in [5.74, 6) is 2.03. The average molecular weight is 239 g/mol. The van der Waals surface area contributed by atoms with Gasteiger partial charge in [-0.3, -0.25) is 4.21 Å². The Morgan fingerprint density at radius 1 is 1.38 bits per heavy atom. The molecule has 0 bridgehead atoms. The molecule has 0 heterocycles. The van der Waals surface area contributed by atoms with Gasteiger partial charge in [-0.05, 0) is 36.5 Å². The quantitative estimate of drug-likeness (QED) is 0.803. The molecule has 0 radical (unpaired) electrons. The fourth-order valence-corrected chi connectivity index (χ4v) is 3.01. The highest BCUT2D eigenvalue weighted by atomic mass is 32.2. The lowest BCUT2D eigenvalue weighted by Gasteiger charge is -2.09. The highest BCUT2D eigenvalue weighted by Crippen LogP contribution is 2.17. The summed E-state index contributed by atoms with van der Waals surface area (Å²) >= 11 is 0. The van der Waals surface area contributed by atoms with Crippen LogP contribution in [0.5, 0.6) is 0 Å². The third kappa shape index (κ3) is 3.97. The second-order valence-corrected chi connectivity index (χ2v) is 6.18. The van der Waals surface area contributed by atoms with Crippen molar-refractivity contribution in [2.45, 2.75) is 32.9 Å². The molecular weight excluding hydrogens is 218 g/mol.